The molecule has 0 radical (unpaired) electrons. The fourth-order valence-corrected chi connectivity index (χ4v) is 4.52. The Morgan fingerprint density at radius 3 is 2.19 bits per heavy atom. The van der Waals surface area contributed by atoms with Gasteiger partial charge in [-0.15, -0.1) is 0 Å². The van der Waals surface area contributed by atoms with Gasteiger partial charge in [0.15, 0.2) is 0 Å². The van der Waals surface area contributed by atoms with Crippen molar-refractivity contribution >= 4 is 23.9 Å². The Hall–Kier alpha value is -2.36. The largest absolute Gasteiger partial charge is 0.466 e. The lowest BCUT2D eigenvalue weighted by molar-refractivity contribution is -0.157. The number of alkyl carbamates (subject to hydrolysis) is 1. The molecule has 32 heavy (non-hydrogen) atoms. The average Bonchev–Trinajstić information content (AvgIpc) is 3.34. The quantitative estimate of drug-likeness (QED) is 0.365. The van der Waals surface area contributed by atoms with Gasteiger partial charge in [0.2, 0.25) is 5.91 Å². The van der Waals surface area contributed by atoms with Gasteiger partial charge in [-0.2, -0.15) is 0 Å². The van der Waals surface area contributed by atoms with Gasteiger partial charge < -0.3 is 30.0 Å². The molecular formula is C22H36N2O8. The summed E-state index contributed by atoms with van der Waals surface area (Å²) in [7, 11) is 0. The zero-order valence-corrected chi connectivity index (χ0v) is 19.9. The van der Waals surface area contributed by atoms with Crippen LogP contribution in [0.3, 0.4) is 0 Å². The van der Waals surface area contributed by atoms with Crippen LogP contribution >= 0.6 is 0 Å². The molecule has 10 heteroatoms. The summed E-state index contributed by atoms with van der Waals surface area (Å²) in [5.41, 5.74) is -2.34. The van der Waals surface area contributed by atoms with Gasteiger partial charge in [-0.3, -0.25) is 9.59 Å². The maximum Gasteiger partial charge on any atom is 0.408 e. The molecule has 0 aliphatic heterocycles. The fourth-order valence-electron chi connectivity index (χ4n) is 4.52. The van der Waals surface area contributed by atoms with E-state index in [1.807, 2.05) is 0 Å². The van der Waals surface area contributed by atoms with E-state index < -0.39 is 65.0 Å². The Morgan fingerprint density at radius 1 is 1.09 bits per heavy atom. The Labute approximate surface area is 188 Å². The van der Waals surface area contributed by atoms with Crippen molar-refractivity contribution in [1.82, 2.24) is 10.6 Å². The summed E-state index contributed by atoms with van der Waals surface area (Å²) < 4.78 is 15.6. The van der Waals surface area contributed by atoms with Crippen LogP contribution in [0.4, 0.5) is 4.79 Å². The summed E-state index contributed by atoms with van der Waals surface area (Å²) in [6, 6.07) is -1.01. The van der Waals surface area contributed by atoms with Gasteiger partial charge in [-0.1, -0.05) is 13.8 Å². The minimum Gasteiger partial charge on any atom is -0.466 e. The minimum absolute atomic E-state index is 0.0672. The Kier molecular flexibility index (Phi) is 7.80. The van der Waals surface area contributed by atoms with Crippen LogP contribution in [0.2, 0.25) is 0 Å². The van der Waals surface area contributed by atoms with Crippen molar-refractivity contribution in [2.24, 2.45) is 23.7 Å². The van der Waals surface area contributed by atoms with Crippen molar-refractivity contribution in [2.75, 3.05) is 13.2 Å². The minimum atomic E-state index is -1.59. The van der Waals surface area contributed by atoms with E-state index in [2.05, 4.69) is 10.6 Å². The average molecular weight is 457 g/mol. The van der Waals surface area contributed by atoms with E-state index in [4.69, 9.17) is 14.2 Å². The maximum atomic E-state index is 13.2. The number of carbonyl (C=O) groups is 4. The first-order valence-electron chi connectivity index (χ1n) is 11.1. The van der Waals surface area contributed by atoms with Crippen molar-refractivity contribution in [1.29, 1.82) is 0 Å². The predicted molar refractivity (Wildman–Crippen MR) is 113 cm³/mol. The van der Waals surface area contributed by atoms with E-state index in [1.54, 1.807) is 48.5 Å². The van der Waals surface area contributed by atoms with Crippen LogP contribution in [0.1, 0.15) is 54.9 Å². The van der Waals surface area contributed by atoms with Crippen molar-refractivity contribution < 1.29 is 38.5 Å². The Morgan fingerprint density at radius 2 is 1.69 bits per heavy atom. The predicted octanol–water partition coefficient (Wildman–Crippen LogP) is 1.14. The summed E-state index contributed by atoms with van der Waals surface area (Å²) >= 11 is 0. The van der Waals surface area contributed by atoms with Crippen LogP contribution in [-0.2, 0) is 28.6 Å². The van der Waals surface area contributed by atoms with E-state index in [0.717, 1.165) is 0 Å². The molecule has 0 aromatic carbocycles. The molecule has 182 valence electrons. The lowest BCUT2D eigenvalue weighted by Crippen LogP contribution is -2.62. The van der Waals surface area contributed by atoms with Gasteiger partial charge >= 0.3 is 18.0 Å². The number of rotatable bonds is 8. The molecule has 0 spiro atoms. The SMILES string of the molecule is CCOC(=O)[C@H]1[C@H]2[C@@H]1[C@](NC(=O)[C@@H](NC(=O)OC(C)(C)C)C(C)C)(C(=O)OCC)C[C@@H]2O. The number of hydrogen-bond acceptors (Lipinski definition) is 8. The highest BCUT2D eigenvalue weighted by Gasteiger charge is 2.76. The lowest BCUT2D eigenvalue weighted by atomic mass is 9.88. The molecule has 2 aliphatic rings. The topological polar surface area (TPSA) is 140 Å². The second-order valence-corrected chi connectivity index (χ2v) is 9.70. The number of carbonyl (C=O) groups excluding carboxylic acids is 4. The second kappa shape index (κ2) is 9.64. The zero-order valence-electron chi connectivity index (χ0n) is 19.9. The molecule has 2 aliphatic carbocycles. The van der Waals surface area contributed by atoms with E-state index in [1.165, 1.54) is 0 Å². The first-order chi connectivity index (χ1) is 14.8. The van der Waals surface area contributed by atoms with Crippen molar-refractivity contribution in [3.8, 4) is 0 Å². The van der Waals surface area contributed by atoms with E-state index in [0.29, 0.717) is 0 Å². The highest BCUT2D eigenvalue weighted by atomic mass is 16.6. The highest BCUT2D eigenvalue weighted by Crippen LogP contribution is 2.63. The lowest BCUT2D eigenvalue weighted by Gasteiger charge is -2.34. The van der Waals surface area contributed by atoms with Crippen LogP contribution < -0.4 is 10.6 Å². The van der Waals surface area contributed by atoms with Crippen LogP contribution in [0.25, 0.3) is 0 Å². The first-order valence-corrected chi connectivity index (χ1v) is 11.1. The highest BCUT2D eigenvalue weighted by molar-refractivity contribution is 5.94. The molecule has 6 atom stereocenters. The van der Waals surface area contributed by atoms with Gasteiger partial charge in [0.25, 0.3) is 0 Å². The number of esters is 2. The smallest absolute Gasteiger partial charge is 0.408 e. The monoisotopic (exact) mass is 456 g/mol. The van der Waals surface area contributed by atoms with Crippen LogP contribution in [0.5, 0.6) is 0 Å². The number of hydrogen-bond donors (Lipinski definition) is 3. The third-order valence-corrected chi connectivity index (χ3v) is 5.79. The number of aliphatic hydroxyl groups excluding tert-OH is 1. The number of aliphatic hydroxyl groups is 1. The third-order valence-electron chi connectivity index (χ3n) is 5.79. The molecule has 0 aromatic rings. The van der Waals surface area contributed by atoms with E-state index >= 15 is 0 Å². The van der Waals surface area contributed by atoms with E-state index in [9.17, 15) is 24.3 Å². The molecule has 2 saturated carbocycles. The molecular weight excluding hydrogens is 420 g/mol. The van der Waals surface area contributed by atoms with Crippen molar-refractivity contribution in [3.63, 3.8) is 0 Å². The molecule has 0 unspecified atom stereocenters. The third kappa shape index (κ3) is 5.33. The molecule has 0 aromatic heterocycles. The first kappa shape index (κ1) is 25.9. The summed E-state index contributed by atoms with van der Waals surface area (Å²) in [5, 5.41) is 15.8. The Balaban J connectivity index is 2.28. The van der Waals surface area contributed by atoms with Gasteiger partial charge in [0.1, 0.15) is 17.2 Å². The molecule has 10 nitrogen and oxygen atoms in total. The fraction of sp³-hybridized carbons (Fsp3) is 0.818. The van der Waals surface area contributed by atoms with Gasteiger partial charge in [-0.25, -0.2) is 9.59 Å². The molecule has 0 saturated heterocycles. The van der Waals surface area contributed by atoms with Gasteiger partial charge in [0, 0.05) is 18.3 Å². The number of nitrogens with one attached hydrogen (secondary N) is 2. The standard InChI is InChI=1S/C22H36N2O8/c1-8-30-18(27)14-13-12(25)10-22(15(13)14,19(28)31-9-2)24-17(26)16(11(3)4)23-20(29)32-21(5,6)7/h11-16,25H,8-10H2,1-7H3,(H,23,29)(H,24,26)/t12-,13-,14-,15-,16-,22-/m0/s1. The van der Waals surface area contributed by atoms with Crippen LogP contribution in [-0.4, -0.2) is 65.5 Å². The maximum absolute atomic E-state index is 13.2. The zero-order chi connectivity index (χ0) is 24.4. The summed E-state index contributed by atoms with van der Waals surface area (Å²) in [6.45, 7) is 12.1. The number of fused-ring (bicyclic) bond motifs is 1. The Bertz CT molecular complexity index is 747. The molecule has 2 amide bonds. The summed E-state index contributed by atoms with van der Waals surface area (Å²) in [4.78, 5) is 50.9. The normalized spacial score (nSPS) is 29.5. The molecule has 2 fully saturated rings. The molecule has 2 rings (SSSR count). The summed E-state index contributed by atoms with van der Waals surface area (Å²) in [6.07, 6.45) is -1.83. The second-order valence-electron chi connectivity index (χ2n) is 9.70. The van der Waals surface area contributed by atoms with Crippen LogP contribution in [0, 0.1) is 23.7 Å². The summed E-state index contributed by atoms with van der Waals surface area (Å²) in [5.74, 6) is -4.04. The number of amides is 2. The van der Waals surface area contributed by atoms with Gasteiger partial charge in [0.05, 0.1) is 25.2 Å². The molecule has 0 bridgehead atoms. The van der Waals surface area contributed by atoms with Gasteiger partial charge in [-0.05, 0) is 40.5 Å². The molecule has 0 heterocycles. The van der Waals surface area contributed by atoms with Crippen molar-refractivity contribution in [2.45, 2.75) is 78.2 Å². The van der Waals surface area contributed by atoms with Crippen LogP contribution in [0.15, 0.2) is 0 Å². The van der Waals surface area contributed by atoms with E-state index in [-0.39, 0.29) is 25.6 Å². The molecule has 3 N–H and O–H groups in total. The number of ether oxygens (including phenoxy) is 3. The van der Waals surface area contributed by atoms with Crippen molar-refractivity contribution in [3.05, 3.63) is 0 Å².